The molecule has 110 valence electrons. The molecule has 0 saturated heterocycles. The summed E-state index contributed by atoms with van der Waals surface area (Å²) in [6, 6.07) is 4.71. The summed E-state index contributed by atoms with van der Waals surface area (Å²) < 4.78 is 5.42. The van der Waals surface area contributed by atoms with Gasteiger partial charge < -0.3 is 15.2 Å². The Morgan fingerprint density at radius 3 is 2.58 bits per heavy atom. The number of aliphatic hydroxyl groups is 1. The first-order valence-electron chi connectivity index (χ1n) is 7.02. The van der Waals surface area contributed by atoms with E-state index in [4.69, 9.17) is 4.74 Å². The number of thiophene rings is 1. The smallest absolute Gasteiger partial charge is 0.0897 e. The van der Waals surface area contributed by atoms with Crippen LogP contribution in [0.15, 0.2) is 12.1 Å². The van der Waals surface area contributed by atoms with Gasteiger partial charge in [0.25, 0.3) is 0 Å². The minimum Gasteiger partial charge on any atom is -0.389 e. The molecule has 1 rings (SSSR count). The molecule has 0 aliphatic heterocycles. The van der Waals surface area contributed by atoms with Gasteiger partial charge in [0.2, 0.25) is 0 Å². The molecule has 0 fully saturated rings. The van der Waals surface area contributed by atoms with Gasteiger partial charge in [-0.3, -0.25) is 0 Å². The van der Waals surface area contributed by atoms with Crippen molar-refractivity contribution in [3.63, 3.8) is 0 Å². The number of ether oxygens (including phenoxy) is 1. The van der Waals surface area contributed by atoms with Crippen molar-refractivity contribution in [1.29, 1.82) is 0 Å². The highest BCUT2D eigenvalue weighted by atomic mass is 32.1. The minimum absolute atomic E-state index is 0.373. The molecule has 19 heavy (non-hydrogen) atoms. The van der Waals surface area contributed by atoms with Gasteiger partial charge in [0.05, 0.1) is 12.7 Å². The van der Waals surface area contributed by atoms with Crippen molar-refractivity contribution in [2.75, 3.05) is 19.8 Å². The molecule has 0 saturated carbocycles. The van der Waals surface area contributed by atoms with E-state index in [1.165, 1.54) is 9.75 Å². The van der Waals surface area contributed by atoms with E-state index in [0.717, 1.165) is 6.42 Å². The Kier molecular flexibility index (Phi) is 7.61. The van der Waals surface area contributed by atoms with E-state index < -0.39 is 6.10 Å². The molecule has 0 aliphatic carbocycles. The summed E-state index contributed by atoms with van der Waals surface area (Å²) >= 11 is 1.84. The van der Waals surface area contributed by atoms with Crippen molar-refractivity contribution in [2.45, 2.75) is 46.3 Å². The van der Waals surface area contributed by atoms with Crippen LogP contribution >= 0.6 is 11.3 Å². The molecular formula is C15H27NO2S. The van der Waals surface area contributed by atoms with Gasteiger partial charge in [-0.1, -0.05) is 13.8 Å². The van der Waals surface area contributed by atoms with Gasteiger partial charge in [0.15, 0.2) is 0 Å². The van der Waals surface area contributed by atoms with Gasteiger partial charge in [0, 0.05) is 28.9 Å². The molecule has 0 bridgehead atoms. The van der Waals surface area contributed by atoms with Gasteiger partial charge in [-0.15, -0.1) is 11.3 Å². The summed E-state index contributed by atoms with van der Waals surface area (Å²) in [5.74, 6) is 0.515. The zero-order chi connectivity index (χ0) is 14.3. The number of aryl methyl sites for hydroxylation is 1. The van der Waals surface area contributed by atoms with E-state index >= 15 is 0 Å². The first-order valence-corrected chi connectivity index (χ1v) is 7.83. The summed E-state index contributed by atoms with van der Waals surface area (Å²) in [6.45, 7) is 10.2. The van der Waals surface area contributed by atoms with Crippen LogP contribution in [0.3, 0.4) is 0 Å². The van der Waals surface area contributed by atoms with E-state index in [-0.39, 0.29) is 0 Å². The number of aliphatic hydroxyl groups excluding tert-OH is 1. The molecule has 2 atom stereocenters. The van der Waals surface area contributed by atoms with Crippen LogP contribution in [0.5, 0.6) is 0 Å². The topological polar surface area (TPSA) is 41.5 Å². The molecule has 1 aromatic heterocycles. The Morgan fingerprint density at radius 1 is 1.26 bits per heavy atom. The Labute approximate surface area is 121 Å². The van der Waals surface area contributed by atoms with Crippen LogP contribution < -0.4 is 5.32 Å². The molecular weight excluding hydrogens is 258 g/mol. The lowest BCUT2D eigenvalue weighted by molar-refractivity contribution is 0.0252. The highest BCUT2D eigenvalue weighted by Crippen LogP contribution is 2.16. The Morgan fingerprint density at radius 2 is 2.00 bits per heavy atom. The van der Waals surface area contributed by atoms with Crippen LogP contribution in [0.2, 0.25) is 0 Å². The highest BCUT2D eigenvalue weighted by molar-refractivity contribution is 7.11. The van der Waals surface area contributed by atoms with Gasteiger partial charge >= 0.3 is 0 Å². The molecule has 0 aliphatic rings. The maximum absolute atomic E-state index is 9.80. The molecule has 1 aromatic rings. The second-order valence-corrected chi connectivity index (χ2v) is 6.98. The molecule has 1 heterocycles. The second-order valence-electron chi connectivity index (χ2n) is 5.61. The molecule has 0 radical (unpaired) electrons. The SMILES string of the molecule is Cc1ccc(CC(C)NCC(O)COCC(C)C)s1. The third-order valence-electron chi connectivity index (χ3n) is 2.77. The van der Waals surface area contributed by atoms with Gasteiger partial charge in [-0.2, -0.15) is 0 Å². The first-order chi connectivity index (χ1) is 8.97. The molecule has 2 unspecified atom stereocenters. The van der Waals surface area contributed by atoms with Crippen LogP contribution in [0, 0.1) is 12.8 Å². The van der Waals surface area contributed by atoms with Crippen LogP contribution in [-0.4, -0.2) is 37.0 Å². The molecule has 2 N–H and O–H groups in total. The number of hydrogen-bond donors (Lipinski definition) is 2. The summed E-state index contributed by atoms with van der Waals surface area (Å²) in [7, 11) is 0. The van der Waals surface area contributed by atoms with Gasteiger partial charge in [-0.05, 0) is 38.3 Å². The Balaban J connectivity index is 2.13. The van der Waals surface area contributed by atoms with Crippen molar-refractivity contribution in [1.82, 2.24) is 5.32 Å². The van der Waals surface area contributed by atoms with Crippen molar-refractivity contribution >= 4 is 11.3 Å². The first kappa shape index (κ1) is 16.6. The van der Waals surface area contributed by atoms with Crippen LogP contribution in [-0.2, 0) is 11.2 Å². The fraction of sp³-hybridized carbons (Fsp3) is 0.733. The van der Waals surface area contributed by atoms with E-state index in [1.807, 2.05) is 11.3 Å². The van der Waals surface area contributed by atoms with Gasteiger partial charge in [-0.25, -0.2) is 0 Å². The van der Waals surface area contributed by atoms with Gasteiger partial charge in [0.1, 0.15) is 0 Å². The van der Waals surface area contributed by atoms with Crippen LogP contribution in [0.1, 0.15) is 30.5 Å². The normalized spacial score (nSPS) is 14.8. The minimum atomic E-state index is -0.425. The zero-order valence-corrected chi connectivity index (χ0v) is 13.3. The lowest BCUT2D eigenvalue weighted by Crippen LogP contribution is -2.37. The molecule has 0 spiro atoms. The van der Waals surface area contributed by atoms with Crippen molar-refractivity contribution in [2.24, 2.45) is 5.92 Å². The third-order valence-corrected chi connectivity index (χ3v) is 3.79. The number of rotatable bonds is 9. The average molecular weight is 285 g/mol. The summed E-state index contributed by atoms with van der Waals surface area (Å²) in [4.78, 5) is 2.74. The second kappa shape index (κ2) is 8.69. The summed E-state index contributed by atoms with van der Waals surface area (Å²) in [5.41, 5.74) is 0. The standard InChI is InChI=1S/C15H27NO2S/c1-11(2)9-18-10-14(17)8-16-12(3)7-15-6-5-13(4)19-15/h5-6,11-12,14,16-17H,7-10H2,1-4H3. The van der Waals surface area contributed by atoms with E-state index in [1.54, 1.807) is 0 Å². The predicted octanol–water partition coefficient (Wildman–Crippen LogP) is 2.61. The van der Waals surface area contributed by atoms with Crippen molar-refractivity contribution < 1.29 is 9.84 Å². The monoisotopic (exact) mass is 285 g/mol. The maximum Gasteiger partial charge on any atom is 0.0897 e. The Hall–Kier alpha value is -0.420. The van der Waals surface area contributed by atoms with Crippen molar-refractivity contribution in [3.05, 3.63) is 21.9 Å². The highest BCUT2D eigenvalue weighted by Gasteiger charge is 2.09. The number of hydrogen-bond acceptors (Lipinski definition) is 4. The maximum atomic E-state index is 9.80. The lowest BCUT2D eigenvalue weighted by Gasteiger charge is -2.17. The predicted molar refractivity (Wildman–Crippen MR) is 81.9 cm³/mol. The molecule has 4 heteroatoms. The fourth-order valence-corrected chi connectivity index (χ4v) is 2.82. The van der Waals surface area contributed by atoms with E-state index in [9.17, 15) is 5.11 Å². The lowest BCUT2D eigenvalue weighted by atomic mass is 10.2. The van der Waals surface area contributed by atoms with E-state index in [2.05, 4.69) is 45.1 Å². The van der Waals surface area contributed by atoms with Crippen LogP contribution in [0.4, 0.5) is 0 Å². The average Bonchev–Trinajstić information content (AvgIpc) is 2.71. The summed E-state index contributed by atoms with van der Waals surface area (Å²) in [6.07, 6.45) is 0.587. The van der Waals surface area contributed by atoms with E-state index in [0.29, 0.717) is 31.7 Å². The quantitative estimate of drug-likeness (QED) is 0.733. The molecule has 3 nitrogen and oxygen atoms in total. The third kappa shape index (κ3) is 7.67. The van der Waals surface area contributed by atoms with Crippen molar-refractivity contribution in [3.8, 4) is 0 Å². The zero-order valence-electron chi connectivity index (χ0n) is 12.5. The number of nitrogens with one attached hydrogen (secondary N) is 1. The van der Waals surface area contributed by atoms with Crippen LogP contribution in [0.25, 0.3) is 0 Å². The largest absolute Gasteiger partial charge is 0.389 e. The fourth-order valence-electron chi connectivity index (χ4n) is 1.80. The molecule has 0 amide bonds. The Bertz CT molecular complexity index is 352. The molecule has 0 aromatic carbocycles. The summed E-state index contributed by atoms with van der Waals surface area (Å²) in [5, 5.41) is 13.2.